The van der Waals surface area contributed by atoms with Crippen LogP contribution in [0.5, 0.6) is 0 Å². The molecule has 112 valence electrons. The van der Waals surface area contributed by atoms with E-state index in [1.807, 2.05) is 6.92 Å². The second-order valence-electron chi connectivity index (χ2n) is 4.68. The fourth-order valence-corrected chi connectivity index (χ4v) is 2.25. The van der Waals surface area contributed by atoms with Gasteiger partial charge in [-0.1, -0.05) is 13.8 Å². The molecule has 0 aromatic rings. The lowest BCUT2D eigenvalue weighted by molar-refractivity contribution is -0.164. The Morgan fingerprint density at radius 1 is 1.37 bits per heavy atom. The van der Waals surface area contributed by atoms with E-state index in [9.17, 15) is 18.0 Å². The number of hydrogen-bond acceptors (Lipinski definition) is 3. The van der Waals surface area contributed by atoms with Crippen molar-refractivity contribution in [3.8, 4) is 0 Å². The number of nitrogens with zero attached hydrogens (tertiary/aromatic N) is 1. The summed E-state index contributed by atoms with van der Waals surface area (Å²) in [5.41, 5.74) is 0. The van der Waals surface area contributed by atoms with Crippen LogP contribution in [0.2, 0.25) is 0 Å². The summed E-state index contributed by atoms with van der Waals surface area (Å²) in [5, 5.41) is 3.08. The number of likely N-dealkylation sites (N-methyl/N-ethyl adjacent to an activating group) is 1. The highest BCUT2D eigenvalue weighted by molar-refractivity contribution is 5.80. The normalized spacial score (nSPS) is 23.6. The number of carbonyl (C=O) groups excluding carboxylic acids is 1. The first-order valence-corrected chi connectivity index (χ1v) is 6.55. The number of alkyl halides is 3. The fourth-order valence-electron chi connectivity index (χ4n) is 2.25. The van der Waals surface area contributed by atoms with Crippen molar-refractivity contribution < 1.29 is 22.7 Å². The Hall–Kier alpha value is -0.820. The first-order chi connectivity index (χ1) is 8.89. The van der Waals surface area contributed by atoms with Crippen LogP contribution in [-0.4, -0.2) is 55.9 Å². The van der Waals surface area contributed by atoms with Gasteiger partial charge in [0.2, 0.25) is 5.91 Å². The van der Waals surface area contributed by atoms with E-state index in [0.717, 1.165) is 4.90 Å². The highest BCUT2D eigenvalue weighted by Crippen LogP contribution is 2.21. The van der Waals surface area contributed by atoms with Crippen LogP contribution in [0.15, 0.2) is 0 Å². The molecule has 0 aromatic heterocycles. The number of hydrogen-bond donors (Lipinski definition) is 1. The van der Waals surface area contributed by atoms with Gasteiger partial charge in [0.15, 0.2) is 0 Å². The lowest BCUT2D eigenvalue weighted by atomic mass is 10.0. The molecule has 2 unspecified atom stereocenters. The minimum Gasteiger partial charge on any atom is -0.379 e. The smallest absolute Gasteiger partial charge is 0.379 e. The topological polar surface area (TPSA) is 41.6 Å². The Labute approximate surface area is 111 Å². The largest absolute Gasteiger partial charge is 0.406 e. The monoisotopic (exact) mass is 282 g/mol. The summed E-state index contributed by atoms with van der Waals surface area (Å²) in [6.45, 7) is 3.79. The van der Waals surface area contributed by atoms with Gasteiger partial charge in [-0.15, -0.1) is 0 Å². The van der Waals surface area contributed by atoms with Crippen molar-refractivity contribution in [2.45, 2.75) is 32.5 Å². The molecule has 7 heteroatoms. The van der Waals surface area contributed by atoms with Crippen molar-refractivity contribution in [1.29, 1.82) is 0 Å². The Morgan fingerprint density at radius 2 is 2.05 bits per heavy atom. The molecule has 0 radical (unpaired) electrons. The van der Waals surface area contributed by atoms with Crippen molar-refractivity contribution in [3.63, 3.8) is 0 Å². The summed E-state index contributed by atoms with van der Waals surface area (Å²) in [7, 11) is 0. The van der Waals surface area contributed by atoms with Crippen molar-refractivity contribution in [1.82, 2.24) is 10.2 Å². The molecular formula is C12H21F3N2O2. The minimum atomic E-state index is -4.36. The first kappa shape index (κ1) is 16.2. The van der Waals surface area contributed by atoms with Gasteiger partial charge in [0, 0.05) is 12.6 Å². The van der Waals surface area contributed by atoms with Gasteiger partial charge >= 0.3 is 6.18 Å². The summed E-state index contributed by atoms with van der Waals surface area (Å²) in [6, 6.07) is -0.190. The minimum absolute atomic E-state index is 0.119. The molecular weight excluding hydrogens is 261 g/mol. The number of carbonyl (C=O) groups is 1. The molecule has 0 aromatic carbocycles. The van der Waals surface area contributed by atoms with Gasteiger partial charge in [0.1, 0.15) is 6.54 Å². The molecule has 1 aliphatic rings. The average molecular weight is 282 g/mol. The molecule has 19 heavy (non-hydrogen) atoms. The van der Waals surface area contributed by atoms with Crippen LogP contribution in [-0.2, 0) is 9.53 Å². The SMILES string of the molecule is CCCN(CC(F)(F)F)C(=O)C1COCC1NCC. The molecule has 1 amide bonds. The Bertz CT molecular complexity index is 297. The lowest BCUT2D eigenvalue weighted by Gasteiger charge is -2.28. The van der Waals surface area contributed by atoms with E-state index >= 15 is 0 Å². The van der Waals surface area contributed by atoms with Gasteiger partial charge in [-0.05, 0) is 13.0 Å². The number of amides is 1. The number of nitrogens with one attached hydrogen (secondary N) is 1. The van der Waals surface area contributed by atoms with Crippen molar-refractivity contribution in [3.05, 3.63) is 0 Å². The number of halogens is 3. The van der Waals surface area contributed by atoms with Crippen molar-refractivity contribution in [2.24, 2.45) is 5.92 Å². The average Bonchev–Trinajstić information content (AvgIpc) is 2.74. The summed E-state index contributed by atoms with van der Waals surface area (Å²) in [6.07, 6.45) is -3.86. The second-order valence-corrected chi connectivity index (χ2v) is 4.68. The highest BCUT2D eigenvalue weighted by Gasteiger charge is 2.39. The van der Waals surface area contributed by atoms with E-state index in [2.05, 4.69) is 5.32 Å². The summed E-state index contributed by atoms with van der Waals surface area (Å²) < 4.78 is 42.7. The Morgan fingerprint density at radius 3 is 2.58 bits per heavy atom. The molecule has 0 saturated carbocycles. The van der Waals surface area contributed by atoms with Crippen molar-refractivity contribution >= 4 is 5.91 Å². The molecule has 4 nitrogen and oxygen atoms in total. The molecule has 1 aliphatic heterocycles. The predicted molar refractivity (Wildman–Crippen MR) is 64.7 cm³/mol. The summed E-state index contributed by atoms with van der Waals surface area (Å²) >= 11 is 0. The third-order valence-corrected chi connectivity index (χ3v) is 3.04. The van der Waals surface area contributed by atoms with Gasteiger partial charge in [-0.25, -0.2) is 0 Å². The summed E-state index contributed by atoms with van der Waals surface area (Å²) in [4.78, 5) is 13.1. The standard InChI is InChI=1S/C12H21F3N2O2/c1-3-5-17(8-12(13,14)15)11(18)9-6-19-7-10(9)16-4-2/h9-10,16H,3-8H2,1-2H3. The molecule has 1 heterocycles. The van der Waals surface area contributed by atoms with Gasteiger partial charge in [-0.2, -0.15) is 13.2 Å². The van der Waals surface area contributed by atoms with Crippen LogP contribution >= 0.6 is 0 Å². The van der Waals surface area contributed by atoms with Gasteiger partial charge < -0.3 is 15.0 Å². The van der Waals surface area contributed by atoms with Crippen molar-refractivity contribution in [2.75, 3.05) is 32.8 Å². The molecule has 2 atom stereocenters. The van der Waals surface area contributed by atoms with Crippen LogP contribution in [0.1, 0.15) is 20.3 Å². The van der Waals surface area contributed by atoms with Gasteiger partial charge in [0.25, 0.3) is 0 Å². The zero-order valence-electron chi connectivity index (χ0n) is 11.3. The van der Waals surface area contributed by atoms with Gasteiger partial charge in [-0.3, -0.25) is 4.79 Å². The van der Waals surface area contributed by atoms with E-state index < -0.39 is 24.5 Å². The van der Waals surface area contributed by atoms with E-state index in [0.29, 0.717) is 19.6 Å². The van der Waals surface area contributed by atoms with Crippen LogP contribution in [0.3, 0.4) is 0 Å². The van der Waals surface area contributed by atoms with E-state index in [4.69, 9.17) is 4.74 Å². The molecule has 0 aliphatic carbocycles. The molecule has 0 bridgehead atoms. The maximum absolute atomic E-state index is 12.5. The number of ether oxygens (including phenoxy) is 1. The van der Waals surface area contributed by atoms with E-state index in [1.54, 1.807) is 6.92 Å². The Balaban J connectivity index is 2.69. The predicted octanol–water partition coefficient (Wildman–Crippen LogP) is 1.41. The van der Waals surface area contributed by atoms with Gasteiger partial charge in [0.05, 0.1) is 19.1 Å². The maximum atomic E-state index is 12.5. The lowest BCUT2D eigenvalue weighted by Crippen LogP contribution is -2.48. The van der Waals surface area contributed by atoms with E-state index in [-0.39, 0.29) is 19.2 Å². The number of rotatable bonds is 6. The summed E-state index contributed by atoms with van der Waals surface area (Å²) in [5.74, 6) is -0.989. The van der Waals surface area contributed by atoms with Crippen LogP contribution in [0, 0.1) is 5.92 Å². The first-order valence-electron chi connectivity index (χ1n) is 6.55. The molecule has 0 spiro atoms. The van der Waals surface area contributed by atoms with Crippen LogP contribution in [0.4, 0.5) is 13.2 Å². The second kappa shape index (κ2) is 7.09. The highest BCUT2D eigenvalue weighted by atomic mass is 19.4. The third kappa shape index (κ3) is 4.99. The molecule has 1 saturated heterocycles. The zero-order valence-corrected chi connectivity index (χ0v) is 11.3. The fraction of sp³-hybridized carbons (Fsp3) is 0.917. The molecule has 1 fully saturated rings. The quantitative estimate of drug-likeness (QED) is 0.801. The zero-order chi connectivity index (χ0) is 14.5. The van der Waals surface area contributed by atoms with E-state index in [1.165, 1.54) is 0 Å². The third-order valence-electron chi connectivity index (χ3n) is 3.04. The van der Waals surface area contributed by atoms with Crippen LogP contribution < -0.4 is 5.32 Å². The molecule has 1 N–H and O–H groups in total. The maximum Gasteiger partial charge on any atom is 0.406 e. The Kier molecular flexibility index (Phi) is 6.06. The molecule has 1 rings (SSSR count). The van der Waals surface area contributed by atoms with Crippen LogP contribution in [0.25, 0.3) is 0 Å².